The zero-order valence-corrected chi connectivity index (χ0v) is 24.7. The highest BCUT2D eigenvalue weighted by Crippen LogP contribution is 2.36. The number of nitrogens with zero attached hydrogens (tertiary/aromatic N) is 5. The number of aromatic nitrogens is 5. The largest absolute Gasteiger partial charge is 0.254 e. The van der Waals surface area contributed by atoms with Gasteiger partial charge in [-0.1, -0.05) is 115 Å². The zero-order chi connectivity index (χ0) is 30.5. The molecule has 0 unspecified atom stereocenters. The van der Waals surface area contributed by atoms with Crippen molar-refractivity contribution in [3.8, 4) is 45.2 Å². The lowest BCUT2D eigenvalue weighted by Crippen LogP contribution is -1.97. The molecule has 9 rings (SSSR count). The lowest BCUT2D eigenvalue weighted by molar-refractivity contribution is 1.18. The van der Waals surface area contributed by atoms with Crippen molar-refractivity contribution in [2.45, 2.75) is 0 Å². The normalized spacial score (nSPS) is 11.5. The van der Waals surface area contributed by atoms with Crippen LogP contribution in [0.2, 0.25) is 0 Å². The van der Waals surface area contributed by atoms with Crippen molar-refractivity contribution in [2.75, 3.05) is 0 Å². The molecule has 4 aromatic heterocycles. The molecule has 5 heteroatoms. The Labute approximate surface area is 264 Å². The van der Waals surface area contributed by atoms with Gasteiger partial charge in [0.1, 0.15) is 0 Å². The third-order valence-corrected chi connectivity index (χ3v) is 8.47. The van der Waals surface area contributed by atoms with Crippen LogP contribution in [-0.2, 0) is 0 Å². The Morgan fingerprint density at radius 2 is 1.07 bits per heavy atom. The Morgan fingerprint density at radius 3 is 1.91 bits per heavy atom. The van der Waals surface area contributed by atoms with Gasteiger partial charge in [0.05, 0.1) is 39.1 Å². The molecule has 0 saturated carbocycles. The smallest absolute Gasteiger partial charge is 0.160 e. The third kappa shape index (κ3) is 4.45. The molecule has 4 heterocycles. The van der Waals surface area contributed by atoms with Gasteiger partial charge in [-0.3, -0.25) is 4.98 Å². The van der Waals surface area contributed by atoms with E-state index >= 15 is 0 Å². The summed E-state index contributed by atoms with van der Waals surface area (Å²) in [6.07, 6.45) is 1.83. The maximum absolute atomic E-state index is 5.29. The molecule has 0 amide bonds. The Kier molecular flexibility index (Phi) is 6.06. The molecule has 0 N–H and O–H groups in total. The molecule has 0 atom stereocenters. The summed E-state index contributed by atoms with van der Waals surface area (Å²) >= 11 is 0. The minimum Gasteiger partial charge on any atom is -0.254 e. The van der Waals surface area contributed by atoms with Gasteiger partial charge < -0.3 is 0 Å². The number of benzene rings is 5. The van der Waals surface area contributed by atoms with E-state index in [-0.39, 0.29) is 0 Å². The molecule has 46 heavy (non-hydrogen) atoms. The SMILES string of the molecule is c1ccc(-c2cc(-c3cccc(-c4nc5ccccc5c5cc6ccc7cccnc7c6nc45)c3)nc(-c3ccccc3)n2)cc1. The van der Waals surface area contributed by atoms with Gasteiger partial charge in [-0.2, -0.15) is 0 Å². The Morgan fingerprint density at radius 1 is 0.370 bits per heavy atom. The van der Waals surface area contributed by atoms with Crippen LogP contribution in [-0.4, -0.2) is 24.9 Å². The molecule has 0 bridgehead atoms. The van der Waals surface area contributed by atoms with E-state index in [1.54, 1.807) is 0 Å². The summed E-state index contributed by atoms with van der Waals surface area (Å²) in [5.41, 5.74) is 10.0. The van der Waals surface area contributed by atoms with Gasteiger partial charge in [0.15, 0.2) is 5.82 Å². The van der Waals surface area contributed by atoms with Crippen molar-refractivity contribution in [1.29, 1.82) is 0 Å². The van der Waals surface area contributed by atoms with Gasteiger partial charge >= 0.3 is 0 Å². The van der Waals surface area contributed by atoms with E-state index in [0.717, 1.165) is 82.9 Å². The number of hydrogen-bond donors (Lipinski definition) is 0. The van der Waals surface area contributed by atoms with Crippen LogP contribution < -0.4 is 0 Å². The van der Waals surface area contributed by atoms with Crippen LogP contribution in [0.25, 0.3) is 88.8 Å². The van der Waals surface area contributed by atoms with Gasteiger partial charge in [-0.05, 0) is 30.3 Å². The van der Waals surface area contributed by atoms with Crippen LogP contribution in [0, 0.1) is 0 Å². The van der Waals surface area contributed by atoms with Crippen molar-refractivity contribution in [2.24, 2.45) is 0 Å². The zero-order valence-electron chi connectivity index (χ0n) is 24.7. The molecule has 5 nitrogen and oxygen atoms in total. The quantitative estimate of drug-likeness (QED) is 0.151. The van der Waals surface area contributed by atoms with Crippen molar-refractivity contribution in [3.63, 3.8) is 0 Å². The molecule has 9 aromatic rings. The van der Waals surface area contributed by atoms with Crippen molar-refractivity contribution >= 4 is 43.6 Å². The summed E-state index contributed by atoms with van der Waals surface area (Å²) in [6.45, 7) is 0. The third-order valence-electron chi connectivity index (χ3n) is 8.47. The van der Waals surface area contributed by atoms with Crippen LogP contribution in [0.3, 0.4) is 0 Å². The highest BCUT2D eigenvalue weighted by molar-refractivity contribution is 6.15. The minimum absolute atomic E-state index is 0.684. The van der Waals surface area contributed by atoms with E-state index in [4.69, 9.17) is 24.9 Å². The molecule has 0 radical (unpaired) electrons. The second kappa shape index (κ2) is 10.7. The standard InChI is InChI=1S/C41H25N5/c1-3-11-26(12-4-1)35-25-36(45-41(44-35)28-13-5-2-6-14-28)29-15-9-16-30(23-29)39-40-33(32-18-7-8-19-34(32)43-39)24-31-21-20-27-17-10-22-42-37(27)38(31)46-40/h1-25H. The first-order valence-electron chi connectivity index (χ1n) is 15.3. The molecule has 0 fully saturated rings. The molecule has 0 spiro atoms. The maximum atomic E-state index is 5.29. The first kappa shape index (κ1) is 26.1. The number of pyridine rings is 3. The number of fused-ring (bicyclic) bond motifs is 6. The second-order valence-corrected chi connectivity index (χ2v) is 11.3. The average Bonchev–Trinajstić information content (AvgIpc) is 3.14. The topological polar surface area (TPSA) is 64.5 Å². The average molecular weight is 588 g/mol. The van der Waals surface area contributed by atoms with Crippen LogP contribution in [0.5, 0.6) is 0 Å². The van der Waals surface area contributed by atoms with E-state index < -0.39 is 0 Å². The molecule has 0 aliphatic carbocycles. The van der Waals surface area contributed by atoms with Crippen LogP contribution in [0.1, 0.15) is 0 Å². The lowest BCUT2D eigenvalue weighted by Gasteiger charge is -2.13. The second-order valence-electron chi connectivity index (χ2n) is 11.3. The van der Waals surface area contributed by atoms with E-state index in [1.165, 1.54) is 0 Å². The monoisotopic (exact) mass is 587 g/mol. The summed E-state index contributed by atoms with van der Waals surface area (Å²) in [6, 6.07) is 49.6. The summed E-state index contributed by atoms with van der Waals surface area (Å²) in [4.78, 5) is 25.2. The Bertz CT molecular complexity index is 2520. The summed E-state index contributed by atoms with van der Waals surface area (Å²) in [5.74, 6) is 0.684. The number of rotatable bonds is 4. The summed E-state index contributed by atoms with van der Waals surface area (Å²) in [5, 5.41) is 4.25. The van der Waals surface area contributed by atoms with Gasteiger partial charge in [-0.25, -0.2) is 19.9 Å². The minimum atomic E-state index is 0.684. The van der Waals surface area contributed by atoms with E-state index in [2.05, 4.69) is 84.9 Å². The molecule has 0 aliphatic rings. The van der Waals surface area contributed by atoms with Crippen molar-refractivity contribution in [1.82, 2.24) is 24.9 Å². The highest BCUT2D eigenvalue weighted by atomic mass is 14.9. The van der Waals surface area contributed by atoms with Gasteiger partial charge in [0.25, 0.3) is 0 Å². The fraction of sp³-hybridized carbons (Fsp3) is 0. The van der Waals surface area contributed by atoms with E-state index in [1.807, 2.05) is 66.9 Å². The molecule has 0 saturated heterocycles. The molecule has 5 aromatic carbocycles. The fourth-order valence-electron chi connectivity index (χ4n) is 6.23. The van der Waals surface area contributed by atoms with Crippen LogP contribution in [0.4, 0.5) is 0 Å². The first-order chi connectivity index (χ1) is 22.8. The summed E-state index contributed by atoms with van der Waals surface area (Å²) < 4.78 is 0. The molecule has 214 valence electrons. The molecular weight excluding hydrogens is 562 g/mol. The lowest BCUT2D eigenvalue weighted by atomic mass is 9.99. The maximum Gasteiger partial charge on any atom is 0.160 e. The molecule has 0 aliphatic heterocycles. The first-order valence-corrected chi connectivity index (χ1v) is 15.3. The van der Waals surface area contributed by atoms with Crippen LogP contribution in [0.15, 0.2) is 152 Å². The van der Waals surface area contributed by atoms with Crippen molar-refractivity contribution < 1.29 is 0 Å². The summed E-state index contributed by atoms with van der Waals surface area (Å²) in [7, 11) is 0. The highest BCUT2D eigenvalue weighted by Gasteiger charge is 2.16. The van der Waals surface area contributed by atoms with E-state index in [0.29, 0.717) is 5.82 Å². The van der Waals surface area contributed by atoms with Crippen LogP contribution >= 0.6 is 0 Å². The molecular formula is C41H25N5. The predicted molar refractivity (Wildman–Crippen MR) is 187 cm³/mol. The van der Waals surface area contributed by atoms with Crippen molar-refractivity contribution in [3.05, 3.63) is 152 Å². The van der Waals surface area contributed by atoms with Gasteiger partial charge in [-0.15, -0.1) is 0 Å². The Hall–Kier alpha value is -6.33. The predicted octanol–water partition coefficient (Wildman–Crippen LogP) is 9.94. The van der Waals surface area contributed by atoms with E-state index in [9.17, 15) is 0 Å². The number of para-hydroxylation sites is 1. The number of hydrogen-bond acceptors (Lipinski definition) is 5. The van der Waals surface area contributed by atoms with Gasteiger partial charge in [0.2, 0.25) is 0 Å². The Balaban J connectivity index is 1.28. The fourth-order valence-corrected chi connectivity index (χ4v) is 6.23. The van der Waals surface area contributed by atoms with Gasteiger partial charge in [0, 0.05) is 50.0 Å².